The highest BCUT2D eigenvalue weighted by Crippen LogP contribution is 2.26. The highest BCUT2D eigenvalue weighted by Gasteiger charge is 2.32. The van der Waals surface area contributed by atoms with Gasteiger partial charge in [0.1, 0.15) is 5.75 Å². The molecule has 1 aromatic rings. The smallest absolute Gasteiger partial charge is 0.232 e. The van der Waals surface area contributed by atoms with Crippen LogP contribution in [0.25, 0.3) is 0 Å². The molecule has 0 aromatic heterocycles. The highest BCUT2D eigenvalue weighted by atomic mass is 35.7. The Balaban J connectivity index is 2.05. The maximum Gasteiger partial charge on any atom is 0.232 e. The lowest BCUT2D eigenvalue weighted by Crippen LogP contribution is -2.25. The molecule has 0 N–H and O–H groups in total. The molecule has 1 heterocycles. The molecule has 116 valence electrons. The molecule has 1 aromatic carbocycles. The van der Waals surface area contributed by atoms with Gasteiger partial charge in [-0.3, -0.25) is 4.79 Å². The predicted molar refractivity (Wildman–Crippen MR) is 80.8 cm³/mol. The number of benzene rings is 1. The van der Waals surface area contributed by atoms with E-state index < -0.39 is 9.05 Å². The predicted octanol–water partition coefficient (Wildman–Crippen LogP) is 2.00. The summed E-state index contributed by atoms with van der Waals surface area (Å²) in [5, 5.41) is 0. The van der Waals surface area contributed by atoms with E-state index >= 15 is 0 Å². The molecular formula is C14H18ClNO4S. The Labute approximate surface area is 129 Å². The first kappa shape index (κ1) is 16.1. The van der Waals surface area contributed by atoms with E-state index in [4.69, 9.17) is 15.4 Å². The molecular weight excluding hydrogens is 314 g/mol. The van der Waals surface area contributed by atoms with Crippen LogP contribution in [-0.2, 0) is 20.4 Å². The number of carbonyl (C=O) groups is 1. The van der Waals surface area contributed by atoms with Gasteiger partial charge in [0.2, 0.25) is 15.0 Å². The normalized spacial score (nSPS) is 19.0. The van der Waals surface area contributed by atoms with E-state index in [0.717, 1.165) is 11.3 Å². The summed E-state index contributed by atoms with van der Waals surface area (Å²) in [4.78, 5) is 13.6. The summed E-state index contributed by atoms with van der Waals surface area (Å²) in [6.45, 7) is 3.29. The second-order valence-corrected chi connectivity index (χ2v) is 7.91. The van der Waals surface area contributed by atoms with Gasteiger partial charge in [0, 0.05) is 41.7 Å². The molecule has 0 spiro atoms. The van der Waals surface area contributed by atoms with Gasteiger partial charge in [-0.05, 0) is 13.0 Å². The van der Waals surface area contributed by atoms with Gasteiger partial charge in [0.15, 0.2) is 0 Å². The minimum absolute atomic E-state index is 0.0494. The maximum absolute atomic E-state index is 12.0. The van der Waals surface area contributed by atoms with Crippen LogP contribution in [0, 0.1) is 5.92 Å². The zero-order valence-electron chi connectivity index (χ0n) is 11.8. The Bertz CT molecular complexity index is 617. The standard InChI is InChI=1S/C14H18ClNO4S/c1-2-20-13-6-4-3-5-12(13)9-16-8-11(7-14(16)17)10-21(15,18)19/h3-6,11H,2,7-10H2,1H3. The van der Waals surface area contributed by atoms with Crippen LogP contribution in [0.4, 0.5) is 0 Å². The van der Waals surface area contributed by atoms with E-state index in [-0.39, 0.29) is 24.0 Å². The summed E-state index contributed by atoms with van der Waals surface area (Å²) in [6, 6.07) is 7.53. The lowest BCUT2D eigenvalue weighted by atomic mass is 10.1. The number of amides is 1. The van der Waals surface area contributed by atoms with Gasteiger partial charge in [-0.1, -0.05) is 18.2 Å². The fourth-order valence-corrected chi connectivity index (χ4v) is 3.86. The summed E-state index contributed by atoms with van der Waals surface area (Å²) in [5.41, 5.74) is 0.919. The number of halogens is 1. The van der Waals surface area contributed by atoms with E-state index in [2.05, 4.69) is 0 Å². The minimum Gasteiger partial charge on any atom is -0.494 e. The Kier molecular flexibility index (Phi) is 5.11. The molecule has 0 saturated carbocycles. The molecule has 1 atom stereocenters. The number of ether oxygens (including phenoxy) is 1. The summed E-state index contributed by atoms with van der Waals surface area (Å²) in [6.07, 6.45) is 0.225. The quantitative estimate of drug-likeness (QED) is 0.748. The third-order valence-electron chi connectivity index (χ3n) is 3.36. The highest BCUT2D eigenvalue weighted by molar-refractivity contribution is 8.13. The third kappa shape index (κ3) is 4.61. The van der Waals surface area contributed by atoms with Crippen LogP contribution < -0.4 is 4.74 Å². The van der Waals surface area contributed by atoms with Crippen LogP contribution in [0.15, 0.2) is 24.3 Å². The van der Waals surface area contributed by atoms with E-state index in [0.29, 0.717) is 19.7 Å². The zero-order valence-corrected chi connectivity index (χ0v) is 13.4. The first-order chi connectivity index (χ1) is 9.89. The number of likely N-dealkylation sites (tertiary alicyclic amines) is 1. The van der Waals surface area contributed by atoms with Crippen molar-refractivity contribution < 1.29 is 17.9 Å². The molecule has 7 heteroatoms. The van der Waals surface area contributed by atoms with E-state index in [9.17, 15) is 13.2 Å². The van der Waals surface area contributed by atoms with E-state index in [1.165, 1.54) is 0 Å². The Morgan fingerprint density at radius 3 is 2.76 bits per heavy atom. The second-order valence-electron chi connectivity index (χ2n) is 5.09. The zero-order chi connectivity index (χ0) is 15.5. The minimum atomic E-state index is -3.58. The van der Waals surface area contributed by atoms with Gasteiger partial charge in [0.05, 0.1) is 12.4 Å². The van der Waals surface area contributed by atoms with Crippen molar-refractivity contribution in [1.82, 2.24) is 4.90 Å². The molecule has 2 rings (SSSR count). The van der Waals surface area contributed by atoms with Crippen molar-refractivity contribution in [2.75, 3.05) is 18.9 Å². The summed E-state index contributed by atoms with van der Waals surface area (Å²) in [5.74, 6) is 0.302. The molecule has 1 fully saturated rings. The van der Waals surface area contributed by atoms with E-state index in [1.807, 2.05) is 31.2 Å². The molecule has 0 bridgehead atoms. The molecule has 21 heavy (non-hydrogen) atoms. The molecule has 1 unspecified atom stereocenters. The molecule has 0 radical (unpaired) electrons. The number of para-hydroxylation sites is 1. The fraction of sp³-hybridized carbons (Fsp3) is 0.500. The number of hydrogen-bond acceptors (Lipinski definition) is 4. The van der Waals surface area contributed by atoms with Gasteiger partial charge in [-0.2, -0.15) is 0 Å². The number of nitrogens with zero attached hydrogens (tertiary/aromatic N) is 1. The molecule has 0 aliphatic carbocycles. The van der Waals surface area contributed by atoms with Crippen LogP contribution >= 0.6 is 10.7 Å². The topological polar surface area (TPSA) is 63.7 Å². The average Bonchev–Trinajstić information content (AvgIpc) is 2.70. The largest absolute Gasteiger partial charge is 0.494 e. The lowest BCUT2D eigenvalue weighted by Gasteiger charge is -2.18. The Hall–Kier alpha value is -1.27. The summed E-state index contributed by atoms with van der Waals surface area (Å²) >= 11 is 0. The van der Waals surface area contributed by atoms with Gasteiger partial charge in [0.25, 0.3) is 0 Å². The van der Waals surface area contributed by atoms with Crippen LogP contribution in [-0.4, -0.2) is 38.1 Å². The monoisotopic (exact) mass is 331 g/mol. The van der Waals surface area contributed by atoms with Gasteiger partial charge < -0.3 is 9.64 Å². The van der Waals surface area contributed by atoms with Gasteiger partial charge in [-0.15, -0.1) is 0 Å². The van der Waals surface area contributed by atoms with Crippen LogP contribution in [0.2, 0.25) is 0 Å². The fourth-order valence-electron chi connectivity index (χ4n) is 2.54. The van der Waals surface area contributed by atoms with Gasteiger partial charge >= 0.3 is 0 Å². The van der Waals surface area contributed by atoms with Crippen molar-refractivity contribution in [1.29, 1.82) is 0 Å². The van der Waals surface area contributed by atoms with Crippen LogP contribution in [0.1, 0.15) is 18.9 Å². The number of rotatable bonds is 6. The number of hydrogen-bond donors (Lipinski definition) is 0. The lowest BCUT2D eigenvalue weighted by molar-refractivity contribution is -0.128. The Morgan fingerprint density at radius 1 is 1.38 bits per heavy atom. The molecule has 1 saturated heterocycles. The van der Waals surface area contributed by atoms with Crippen LogP contribution in [0.3, 0.4) is 0 Å². The third-order valence-corrected chi connectivity index (χ3v) is 4.61. The summed E-state index contributed by atoms with van der Waals surface area (Å²) in [7, 11) is 1.68. The van der Waals surface area contributed by atoms with E-state index in [1.54, 1.807) is 4.90 Å². The van der Waals surface area contributed by atoms with Crippen LogP contribution in [0.5, 0.6) is 5.75 Å². The average molecular weight is 332 g/mol. The Morgan fingerprint density at radius 2 is 2.10 bits per heavy atom. The van der Waals surface area contributed by atoms with Crippen molar-refractivity contribution in [2.24, 2.45) is 5.92 Å². The first-order valence-electron chi connectivity index (χ1n) is 6.80. The molecule has 1 amide bonds. The van der Waals surface area contributed by atoms with Crippen molar-refractivity contribution in [3.8, 4) is 5.75 Å². The van der Waals surface area contributed by atoms with Crippen molar-refractivity contribution in [3.63, 3.8) is 0 Å². The van der Waals surface area contributed by atoms with Crippen molar-refractivity contribution >= 4 is 25.6 Å². The second kappa shape index (κ2) is 6.66. The summed E-state index contributed by atoms with van der Waals surface area (Å²) < 4.78 is 27.8. The first-order valence-corrected chi connectivity index (χ1v) is 9.27. The van der Waals surface area contributed by atoms with Crippen molar-refractivity contribution in [3.05, 3.63) is 29.8 Å². The van der Waals surface area contributed by atoms with Gasteiger partial charge in [-0.25, -0.2) is 8.42 Å². The molecule has 1 aliphatic rings. The molecule has 5 nitrogen and oxygen atoms in total. The maximum atomic E-state index is 12.0. The number of carbonyl (C=O) groups excluding carboxylic acids is 1. The SMILES string of the molecule is CCOc1ccccc1CN1CC(CS(=O)(=O)Cl)CC1=O. The molecule has 1 aliphatic heterocycles. The van der Waals surface area contributed by atoms with Crippen molar-refractivity contribution in [2.45, 2.75) is 19.9 Å².